The molecule has 0 atom stereocenters. The van der Waals surface area contributed by atoms with Gasteiger partial charge in [0, 0.05) is 16.7 Å². The lowest BCUT2D eigenvalue weighted by Gasteiger charge is -2.18. The van der Waals surface area contributed by atoms with E-state index in [-0.39, 0.29) is 5.84 Å². The molecule has 0 aliphatic carbocycles. The van der Waals surface area contributed by atoms with Gasteiger partial charge in [-0.05, 0) is 30.3 Å². The normalized spacial score (nSPS) is 13.0. The van der Waals surface area contributed by atoms with Crippen molar-refractivity contribution in [3.63, 3.8) is 0 Å². The summed E-state index contributed by atoms with van der Waals surface area (Å²) >= 11 is 1.52. The maximum atomic E-state index is 7.33. The number of nitrogens with two attached hydrogens (primary N) is 1. The molecule has 0 unspecified atom stereocenters. The van der Waals surface area contributed by atoms with E-state index in [0.717, 1.165) is 21.4 Å². The van der Waals surface area contributed by atoms with E-state index in [4.69, 9.17) is 20.6 Å². The predicted molar refractivity (Wildman–Crippen MR) is 76.8 cm³/mol. The largest absolute Gasteiger partial charge is 0.486 e. The van der Waals surface area contributed by atoms with Crippen molar-refractivity contribution in [2.45, 2.75) is 9.92 Å². The van der Waals surface area contributed by atoms with Crippen molar-refractivity contribution >= 4 is 17.6 Å². The standard InChI is InChI=1S/C14H13N3O2S/c15-14(16)9-1-4-13(17-8-9)20-10-2-3-11-12(7-10)19-6-5-18-11/h1-4,7-8H,5-6H2,(H3,15,16). The number of aromatic nitrogens is 1. The van der Waals surface area contributed by atoms with Gasteiger partial charge in [0.15, 0.2) is 11.5 Å². The molecule has 1 aliphatic rings. The van der Waals surface area contributed by atoms with Gasteiger partial charge in [-0.3, -0.25) is 5.41 Å². The fourth-order valence-electron chi connectivity index (χ4n) is 1.81. The number of hydrogen-bond donors (Lipinski definition) is 2. The van der Waals surface area contributed by atoms with Gasteiger partial charge < -0.3 is 15.2 Å². The maximum Gasteiger partial charge on any atom is 0.162 e. The smallest absolute Gasteiger partial charge is 0.162 e. The number of nitrogens with zero attached hydrogens (tertiary/aromatic N) is 1. The van der Waals surface area contributed by atoms with Gasteiger partial charge in [-0.25, -0.2) is 4.98 Å². The second-order valence-corrected chi connectivity index (χ2v) is 5.30. The molecule has 102 valence electrons. The molecule has 5 nitrogen and oxygen atoms in total. The molecule has 0 bridgehead atoms. The minimum Gasteiger partial charge on any atom is -0.486 e. The van der Waals surface area contributed by atoms with Gasteiger partial charge in [0.05, 0.1) is 0 Å². The van der Waals surface area contributed by atoms with Crippen LogP contribution in [0.2, 0.25) is 0 Å². The quantitative estimate of drug-likeness (QED) is 0.668. The van der Waals surface area contributed by atoms with Crippen LogP contribution in [0.4, 0.5) is 0 Å². The number of benzene rings is 1. The van der Waals surface area contributed by atoms with E-state index in [2.05, 4.69) is 4.98 Å². The minimum absolute atomic E-state index is 0.0216. The molecule has 1 aliphatic heterocycles. The first-order valence-corrected chi connectivity index (χ1v) is 6.92. The maximum absolute atomic E-state index is 7.33. The molecular formula is C14H13N3O2S. The predicted octanol–water partition coefficient (Wildman–Crippen LogP) is 2.29. The fourth-order valence-corrected chi connectivity index (χ4v) is 2.59. The zero-order valence-electron chi connectivity index (χ0n) is 10.6. The van der Waals surface area contributed by atoms with E-state index >= 15 is 0 Å². The summed E-state index contributed by atoms with van der Waals surface area (Å²) in [6, 6.07) is 9.45. The van der Waals surface area contributed by atoms with Crippen molar-refractivity contribution in [1.29, 1.82) is 5.41 Å². The Morgan fingerprint density at radius 2 is 1.95 bits per heavy atom. The second-order valence-electron chi connectivity index (χ2n) is 4.21. The summed E-state index contributed by atoms with van der Waals surface area (Å²) in [7, 11) is 0. The second kappa shape index (κ2) is 5.42. The number of nitrogen functional groups attached to an aromatic ring is 1. The van der Waals surface area contributed by atoms with Crippen LogP contribution in [0.5, 0.6) is 11.5 Å². The molecule has 3 rings (SSSR count). The number of amidine groups is 1. The first-order valence-electron chi connectivity index (χ1n) is 6.10. The van der Waals surface area contributed by atoms with Crippen LogP contribution >= 0.6 is 11.8 Å². The van der Waals surface area contributed by atoms with Crippen LogP contribution < -0.4 is 15.2 Å². The van der Waals surface area contributed by atoms with Crippen LogP contribution in [-0.2, 0) is 0 Å². The number of fused-ring (bicyclic) bond motifs is 1. The molecule has 0 saturated heterocycles. The Hall–Kier alpha value is -2.21. The van der Waals surface area contributed by atoms with Gasteiger partial charge in [-0.15, -0.1) is 0 Å². The van der Waals surface area contributed by atoms with Crippen LogP contribution in [-0.4, -0.2) is 24.0 Å². The van der Waals surface area contributed by atoms with Crippen LogP contribution in [0.1, 0.15) is 5.56 Å². The fraction of sp³-hybridized carbons (Fsp3) is 0.143. The topological polar surface area (TPSA) is 81.2 Å². The summed E-state index contributed by atoms with van der Waals surface area (Å²) in [5.41, 5.74) is 6.02. The highest BCUT2D eigenvalue weighted by Gasteiger charge is 2.12. The lowest BCUT2D eigenvalue weighted by molar-refractivity contribution is 0.171. The van der Waals surface area contributed by atoms with Crippen molar-refractivity contribution in [2.24, 2.45) is 5.73 Å². The SMILES string of the molecule is N=C(N)c1ccc(Sc2ccc3c(c2)OCCO3)nc1. The van der Waals surface area contributed by atoms with Crippen molar-refractivity contribution in [3.8, 4) is 11.5 Å². The number of hydrogen-bond acceptors (Lipinski definition) is 5. The summed E-state index contributed by atoms with van der Waals surface area (Å²) in [6.07, 6.45) is 1.60. The molecule has 1 aromatic heterocycles. The zero-order valence-corrected chi connectivity index (χ0v) is 11.4. The highest BCUT2D eigenvalue weighted by molar-refractivity contribution is 7.99. The van der Waals surface area contributed by atoms with Crippen LogP contribution in [0.3, 0.4) is 0 Å². The molecule has 20 heavy (non-hydrogen) atoms. The molecule has 3 N–H and O–H groups in total. The average molecular weight is 287 g/mol. The lowest BCUT2D eigenvalue weighted by Crippen LogP contribution is -2.15. The summed E-state index contributed by atoms with van der Waals surface area (Å²) in [5.74, 6) is 1.57. The molecule has 1 aromatic carbocycles. The van der Waals surface area contributed by atoms with Gasteiger partial charge in [0.2, 0.25) is 0 Å². The minimum atomic E-state index is 0.0216. The number of pyridine rings is 1. The van der Waals surface area contributed by atoms with Crippen molar-refractivity contribution in [1.82, 2.24) is 4.98 Å². The van der Waals surface area contributed by atoms with Gasteiger partial charge in [-0.1, -0.05) is 11.8 Å². The van der Waals surface area contributed by atoms with Crippen LogP contribution in [0, 0.1) is 5.41 Å². The van der Waals surface area contributed by atoms with Gasteiger partial charge in [0.25, 0.3) is 0 Å². The summed E-state index contributed by atoms with van der Waals surface area (Å²) in [6.45, 7) is 1.17. The molecule has 0 amide bonds. The third kappa shape index (κ3) is 2.70. The van der Waals surface area contributed by atoms with Gasteiger partial charge in [0.1, 0.15) is 24.1 Å². The molecule has 0 radical (unpaired) electrons. The molecule has 2 heterocycles. The highest BCUT2D eigenvalue weighted by atomic mass is 32.2. The van der Waals surface area contributed by atoms with E-state index in [0.29, 0.717) is 18.8 Å². The highest BCUT2D eigenvalue weighted by Crippen LogP contribution is 2.36. The molecule has 6 heteroatoms. The summed E-state index contributed by atoms with van der Waals surface area (Å²) in [4.78, 5) is 5.30. The Kier molecular flexibility index (Phi) is 3.47. The Balaban J connectivity index is 1.78. The Morgan fingerprint density at radius 1 is 1.15 bits per heavy atom. The van der Waals surface area contributed by atoms with Gasteiger partial charge in [-0.2, -0.15) is 0 Å². The van der Waals surface area contributed by atoms with Crippen LogP contribution in [0.25, 0.3) is 0 Å². The molecular weight excluding hydrogens is 274 g/mol. The molecule has 2 aromatic rings. The van der Waals surface area contributed by atoms with Crippen molar-refractivity contribution < 1.29 is 9.47 Å². The van der Waals surface area contributed by atoms with Gasteiger partial charge >= 0.3 is 0 Å². The number of rotatable bonds is 3. The zero-order chi connectivity index (χ0) is 13.9. The molecule has 0 fully saturated rings. The van der Waals surface area contributed by atoms with E-state index < -0.39 is 0 Å². The Bertz CT molecular complexity index is 643. The number of ether oxygens (including phenoxy) is 2. The van der Waals surface area contributed by atoms with E-state index in [1.807, 2.05) is 24.3 Å². The lowest BCUT2D eigenvalue weighted by atomic mass is 10.3. The van der Waals surface area contributed by atoms with Crippen LogP contribution in [0.15, 0.2) is 46.5 Å². The monoisotopic (exact) mass is 287 g/mol. The number of nitrogens with one attached hydrogen (secondary N) is 1. The Labute approximate surface area is 120 Å². The third-order valence-corrected chi connectivity index (χ3v) is 3.72. The first kappa shape index (κ1) is 12.8. The summed E-state index contributed by atoms with van der Waals surface area (Å²) in [5, 5.41) is 8.17. The van der Waals surface area contributed by atoms with E-state index in [1.165, 1.54) is 11.8 Å². The summed E-state index contributed by atoms with van der Waals surface area (Å²) < 4.78 is 11.0. The average Bonchev–Trinajstić information content (AvgIpc) is 2.48. The van der Waals surface area contributed by atoms with E-state index in [9.17, 15) is 0 Å². The van der Waals surface area contributed by atoms with Crippen molar-refractivity contribution in [3.05, 3.63) is 42.1 Å². The van der Waals surface area contributed by atoms with Crippen molar-refractivity contribution in [2.75, 3.05) is 13.2 Å². The first-order chi connectivity index (χ1) is 9.72. The Morgan fingerprint density at radius 3 is 2.65 bits per heavy atom. The third-order valence-electron chi connectivity index (χ3n) is 2.78. The molecule has 0 saturated carbocycles. The van der Waals surface area contributed by atoms with E-state index in [1.54, 1.807) is 12.3 Å². The molecule has 0 spiro atoms.